The van der Waals surface area contributed by atoms with Crippen LogP contribution in [0, 0.1) is 19.7 Å². The highest BCUT2D eigenvalue weighted by Gasteiger charge is 2.28. The van der Waals surface area contributed by atoms with Gasteiger partial charge in [0.1, 0.15) is 23.4 Å². The molecular formula is C31H28FN3O2. The summed E-state index contributed by atoms with van der Waals surface area (Å²) in [7, 11) is 1.61. The zero-order chi connectivity index (χ0) is 25.9. The molecule has 5 aromatic rings. The Morgan fingerprint density at radius 1 is 0.946 bits per heavy atom. The minimum Gasteiger partial charge on any atom is -0.497 e. The monoisotopic (exact) mass is 493 g/mol. The highest BCUT2D eigenvalue weighted by Crippen LogP contribution is 2.31. The van der Waals surface area contributed by atoms with Crippen molar-refractivity contribution >= 4 is 22.6 Å². The second kappa shape index (κ2) is 10.3. The summed E-state index contributed by atoms with van der Waals surface area (Å²) >= 11 is 0. The molecule has 1 atom stereocenters. The molecule has 5 rings (SSSR count). The number of rotatable bonds is 7. The van der Waals surface area contributed by atoms with Crippen LogP contribution in [0.5, 0.6) is 5.75 Å². The van der Waals surface area contributed by atoms with Crippen LogP contribution in [0.15, 0.2) is 91.0 Å². The fourth-order valence-corrected chi connectivity index (χ4v) is 4.54. The number of ether oxygens (including phenoxy) is 1. The summed E-state index contributed by atoms with van der Waals surface area (Å²) in [5.74, 6) is 0.967. The lowest BCUT2D eigenvalue weighted by Crippen LogP contribution is -2.28. The summed E-state index contributed by atoms with van der Waals surface area (Å²) < 4.78 is 20.9. The van der Waals surface area contributed by atoms with E-state index in [1.165, 1.54) is 12.1 Å². The standard InChI is InChI=1S/C31H28FN3O2/c1-20-17-27-28(18-21(20)2)35(29(34-27)19-22-9-11-24(32)12-10-22)30(23-7-5-4-6-8-23)31(36)33-25-13-15-26(37-3)16-14-25/h4-18,30H,19H2,1-3H3,(H,33,36). The Balaban J connectivity index is 1.66. The van der Waals surface area contributed by atoms with Crippen molar-refractivity contribution < 1.29 is 13.9 Å². The van der Waals surface area contributed by atoms with Crippen LogP contribution in [0.2, 0.25) is 0 Å². The normalized spacial score (nSPS) is 11.9. The van der Waals surface area contributed by atoms with E-state index in [0.717, 1.165) is 39.1 Å². The van der Waals surface area contributed by atoms with Gasteiger partial charge in [-0.25, -0.2) is 9.37 Å². The predicted octanol–water partition coefficient (Wildman–Crippen LogP) is 6.62. The number of fused-ring (bicyclic) bond motifs is 1. The van der Waals surface area contributed by atoms with E-state index in [1.807, 2.05) is 59.2 Å². The molecule has 0 aliphatic rings. The maximum Gasteiger partial charge on any atom is 0.252 e. The number of aromatic nitrogens is 2. The minimum absolute atomic E-state index is 0.186. The summed E-state index contributed by atoms with van der Waals surface area (Å²) in [5, 5.41) is 3.08. The van der Waals surface area contributed by atoms with Gasteiger partial charge in [-0.1, -0.05) is 42.5 Å². The third-order valence-electron chi connectivity index (χ3n) is 6.63. The maximum absolute atomic E-state index is 14.0. The Morgan fingerprint density at radius 2 is 1.62 bits per heavy atom. The molecule has 1 aromatic heterocycles. The SMILES string of the molecule is COc1ccc(NC(=O)C(c2ccccc2)n2c(Cc3ccc(F)cc3)nc3cc(C)c(C)cc32)cc1. The zero-order valence-corrected chi connectivity index (χ0v) is 21.0. The van der Waals surface area contributed by atoms with Gasteiger partial charge in [0, 0.05) is 12.1 Å². The van der Waals surface area contributed by atoms with Crippen LogP contribution in [0.4, 0.5) is 10.1 Å². The van der Waals surface area contributed by atoms with Crippen LogP contribution in [0.1, 0.15) is 34.1 Å². The van der Waals surface area contributed by atoms with Gasteiger partial charge in [0.25, 0.3) is 5.91 Å². The van der Waals surface area contributed by atoms with E-state index in [0.29, 0.717) is 17.9 Å². The van der Waals surface area contributed by atoms with Crippen LogP contribution >= 0.6 is 0 Å². The van der Waals surface area contributed by atoms with Crippen molar-refractivity contribution in [3.05, 3.63) is 125 Å². The number of benzene rings is 4. The van der Waals surface area contributed by atoms with Crippen molar-refractivity contribution in [1.29, 1.82) is 0 Å². The van der Waals surface area contributed by atoms with E-state index in [2.05, 4.69) is 31.3 Å². The van der Waals surface area contributed by atoms with E-state index in [-0.39, 0.29) is 11.7 Å². The number of hydrogen-bond acceptors (Lipinski definition) is 3. The third-order valence-corrected chi connectivity index (χ3v) is 6.63. The Kier molecular flexibility index (Phi) is 6.73. The summed E-state index contributed by atoms with van der Waals surface area (Å²) in [6.45, 7) is 4.11. The largest absolute Gasteiger partial charge is 0.497 e. The lowest BCUT2D eigenvalue weighted by Gasteiger charge is -2.22. The fraction of sp³-hybridized carbons (Fsp3) is 0.161. The van der Waals surface area contributed by atoms with Crippen molar-refractivity contribution in [2.75, 3.05) is 12.4 Å². The van der Waals surface area contributed by atoms with Gasteiger partial charge in [0.05, 0.1) is 18.1 Å². The number of amides is 1. The number of carbonyl (C=O) groups is 1. The number of methoxy groups -OCH3 is 1. The van der Waals surface area contributed by atoms with E-state index in [9.17, 15) is 9.18 Å². The lowest BCUT2D eigenvalue weighted by molar-refractivity contribution is -0.118. The van der Waals surface area contributed by atoms with E-state index < -0.39 is 6.04 Å². The second-order valence-corrected chi connectivity index (χ2v) is 9.16. The molecule has 0 aliphatic heterocycles. The Hall–Kier alpha value is -4.45. The van der Waals surface area contributed by atoms with E-state index >= 15 is 0 Å². The lowest BCUT2D eigenvalue weighted by atomic mass is 10.0. The van der Waals surface area contributed by atoms with E-state index in [1.54, 1.807) is 19.2 Å². The van der Waals surface area contributed by atoms with Crippen LogP contribution in [-0.4, -0.2) is 22.6 Å². The van der Waals surface area contributed by atoms with Crippen molar-refractivity contribution in [3.8, 4) is 5.75 Å². The quantitative estimate of drug-likeness (QED) is 0.277. The molecule has 1 unspecified atom stereocenters. The molecule has 186 valence electrons. The number of anilines is 1. The summed E-state index contributed by atoms with van der Waals surface area (Å²) in [6, 6.07) is 26.8. The molecule has 37 heavy (non-hydrogen) atoms. The smallest absolute Gasteiger partial charge is 0.252 e. The molecule has 0 spiro atoms. The molecule has 1 amide bonds. The summed E-state index contributed by atoms with van der Waals surface area (Å²) in [6.07, 6.45) is 0.451. The number of aryl methyl sites for hydroxylation is 2. The number of imidazole rings is 1. The van der Waals surface area contributed by atoms with Gasteiger partial charge < -0.3 is 14.6 Å². The first-order valence-corrected chi connectivity index (χ1v) is 12.2. The van der Waals surface area contributed by atoms with Crippen molar-refractivity contribution in [3.63, 3.8) is 0 Å². The van der Waals surface area contributed by atoms with Crippen molar-refractivity contribution in [2.45, 2.75) is 26.3 Å². The maximum atomic E-state index is 14.0. The average Bonchev–Trinajstić information content (AvgIpc) is 3.23. The highest BCUT2D eigenvalue weighted by atomic mass is 19.1. The average molecular weight is 494 g/mol. The molecule has 0 radical (unpaired) electrons. The van der Waals surface area contributed by atoms with Gasteiger partial charge in [0.2, 0.25) is 0 Å². The van der Waals surface area contributed by atoms with Crippen molar-refractivity contribution in [2.24, 2.45) is 0 Å². The molecule has 0 fully saturated rings. The Labute approximate surface area is 215 Å². The molecule has 0 aliphatic carbocycles. The molecule has 0 bridgehead atoms. The number of halogens is 1. The van der Waals surface area contributed by atoms with Gasteiger partial charge in [-0.2, -0.15) is 0 Å². The molecule has 5 nitrogen and oxygen atoms in total. The number of nitrogens with zero attached hydrogens (tertiary/aromatic N) is 2. The zero-order valence-electron chi connectivity index (χ0n) is 21.0. The van der Waals surface area contributed by atoms with Gasteiger partial charge in [-0.15, -0.1) is 0 Å². The van der Waals surface area contributed by atoms with Crippen LogP contribution in [0.3, 0.4) is 0 Å². The topological polar surface area (TPSA) is 56.1 Å². The fourth-order valence-electron chi connectivity index (χ4n) is 4.54. The Bertz CT molecular complexity index is 1540. The van der Waals surface area contributed by atoms with Gasteiger partial charge in [0.15, 0.2) is 0 Å². The molecule has 0 saturated heterocycles. The van der Waals surface area contributed by atoms with Gasteiger partial charge >= 0.3 is 0 Å². The number of carbonyl (C=O) groups excluding carboxylic acids is 1. The van der Waals surface area contributed by atoms with Gasteiger partial charge in [-0.05, 0) is 84.6 Å². The molecule has 0 saturated carbocycles. The highest BCUT2D eigenvalue weighted by molar-refractivity contribution is 5.97. The molecular weight excluding hydrogens is 465 g/mol. The van der Waals surface area contributed by atoms with Gasteiger partial charge in [-0.3, -0.25) is 4.79 Å². The molecule has 4 aromatic carbocycles. The summed E-state index contributed by atoms with van der Waals surface area (Å²) in [4.78, 5) is 18.9. The predicted molar refractivity (Wildman–Crippen MR) is 145 cm³/mol. The molecule has 1 N–H and O–H groups in total. The van der Waals surface area contributed by atoms with Crippen LogP contribution in [-0.2, 0) is 11.2 Å². The first-order valence-electron chi connectivity index (χ1n) is 12.2. The minimum atomic E-state index is -0.675. The Morgan fingerprint density at radius 3 is 2.30 bits per heavy atom. The molecule has 1 heterocycles. The summed E-state index contributed by atoms with van der Waals surface area (Å²) in [5.41, 5.74) is 6.36. The first-order chi connectivity index (χ1) is 17.9. The third kappa shape index (κ3) is 5.09. The first kappa shape index (κ1) is 24.3. The van der Waals surface area contributed by atoms with Crippen molar-refractivity contribution in [1.82, 2.24) is 9.55 Å². The number of hydrogen-bond donors (Lipinski definition) is 1. The molecule has 6 heteroatoms. The van der Waals surface area contributed by atoms with E-state index in [4.69, 9.17) is 9.72 Å². The second-order valence-electron chi connectivity index (χ2n) is 9.16. The van der Waals surface area contributed by atoms with Crippen LogP contribution < -0.4 is 10.1 Å². The number of nitrogens with one attached hydrogen (secondary N) is 1. The van der Waals surface area contributed by atoms with Crippen LogP contribution in [0.25, 0.3) is 11.0 Å².